The second kappa shape index (κ2) is 5.40. The molecule has 1 aromatic heterocycles. The van der Waals surface area contributed by atoms with E-state index in [-0.39, 0.29) is 5.41 Å². The van der Waals surface area contributed by atoms with Crippen LogP contribution in [-0.4, -0.2) is 29.0 Å². The fourth-order valence-electron chi connectivity index (χ4n) is 2.34. The molecule has 0 radical (unpaired) electrons. The summed E-state index contributed by atoms with van der Waals surface area (Å²) in [5.74, 6) is 4.11. The summed E-state index contributed by atoms with van der Waals surface area (Å²) in [4.78, 5) is 4.58. The van der Waals surface area contributed by atoms with E-state index in [1.54, 1.807) is 0 Å². The minimum absolute atomic E-state index is 0.0438. The van der Waals surface area contributed by atoms with E-state index in [9.17, 15) is 0 Å². The van der Waals surface area contributed by atoms with Crippen LogP contribution in [0.1, 0.15) is 38.9 Å². The molecule has 2 rings (SSSR count). The monoisotopic (exact) mass is 255 g/mol. The van der Waals surface area contributed by atoms with E-state index in [0.717, 1.165) is 42.7 Å². The first-order valence-corrected chi connectivity index (χ1v) is 7.46. The highest BCUT2D eigenvalue weighted by atomic mass is 32.2. The highest BCUT2D eigenvalue weighted by molar-refractivity contribution is 7.98. The zero-order chi connectivity index (χ0) is 12.3. The molecule has 2 heterocycles. The molecule has 5 heteroatoms. The Labute approximate surface area is 107 Å². The number of rotatable bonds is 5. The number of thioether (sulfide) groups is 1. The van der Waals surface area contributed by atoms with Gasteiger partial charge in [-0.25, -0.2) is 0 Å². The molecule has 1 aliphatic rings. The third-order valence-corrected chi connectivity index (χ3v) is 4.49. The SMILES string of the molecule is CCSCc1noc(C2(C(C)C)CCNC2)n1. The Balaban J connectivity index is 2.16. The normalized spacial score (nSPS) is 24.7. The minimum atomic E-state index is 0.0438. The third kappa shape index (κ3) is 2.50. The molecule has 0 bridgehead atoms. The number of aromatic nitrogens is 2. The lowest BCUT2D eigenvalue weighted by molar-refractivity contribution is 0.234. The maximum absolute atomic E-state index is 5.50. The first kappa shape index (κ1) is 12.9. The summed E-state index contributed by atoms with van der Waals surface area (Å²) in [5, 5.41) is 7.50. The van der Waals surface area contributed by atoms with Crippen molar-refractivity contribution in [3.8, 4) is 0 Å². The Hall–Kier alpha value is -0.550. The fourth-order valence-corrected chi connectivity index (χ4v) is 2.85. The van der Waals surface area contributed by atoms with Crippen molar-refractivity contribution in [2.24, 2.45) is 5.92 Å². The van der Waals surface area contributed by atoms with Gasteiger partial charge in [0.05, 0.1) is 11.2 Å². The van der Waals surface area contributed by atoms with Crippen molar-refractivity contribution < 1.29 is 4.52 Å². The summed E-state index contributed by atoms with van der Waals surface area (Å²) >= 11 is 1.82. The van der Waals surface area contributed by atoms with E-state index in [2.05, 4.69) is 36.2 Å². The van der Waals surface area contributed by atoms with Crippen LogP contribution >= 0.6 is 11.8 Å². The molecular formula is C12H21N3OS. The van der Waals surface area contributed by atoms with Gasteiger partial charge in [-0.3, -0.25) is 0 Å². The molecule has 0 spiro atoms. The van der Waals surface area contributed by atoms with Crippen LogP contribution in [0.25, 0.3) is 0 Å². The standard InChI is InChI=1S/C12H21N3OS/c1-4-17-7-10-14-11(16-15-10)12(9(2)3)5-6-13-8-12/h9,13H,4-8H2,1-3H3. The number of nitrogens with zero attached hydrogens (tertiary/aromatic N) is 2. The van der Waals surface area contributed by atoms with Gasteiger partial charge >= 0.3 is 0 Å². The van der Waals surface area contributed by atoms with Gasteiger partial charge in [-0.1, -0.05) is 25.9 Å². The van der Waals surface area contributed by atoms with Gasteiger partial charge < -0.3 is 9.84 Å². The van der Waals surface area contributed by atoms with Crippen molar-refractivity contribution in [1.29, 1.82) is 0 Å². The van der Waals surface area contributed by atoms with Gasteiger partial charge in [0.25, 0.3) is 0 Å². The maximum Gasteiger partial charge on any atom is 0.234 e. The lowest BCUT2D eigenvalue weighted by Crippen LogP contribution is -2.35. The highest BCUT2D eigenvalue weighted by Crippen LogP contribution is 2.36. The second-order valence-corrected chi connectivity index (χ2v) is 6.16. The van der Waals surface area contributed by atoms with Gasteiger partial charge in [-0.15, -0.1) is 0 Å². The molecule has 1 aromatic rings. The Kier molecular flexibility index (Phi) is 4.09. The van der Waals surface area contributed by atoms with Crippen LogP contribution in [0.4, 0.5) is 0 Å². The van der Waals surface area contributed by atoms with E-state index in [4.69, 9.17) is 4.52 Å². The number of nitrogens with one attached hydrogen (secondary N) is 1. The van der Waals surface area contributed by atoms with E-state index in [0.29, 0.717) is 5.92 Å². The van der Waals surface area contributed by atoms with Gasteiger partial charge in [0.1, 0.15) is 0 Å². The topological polar surface area (TPSA) is 51.0 Å². The Morgan fingerprint density at radius 3 is 2.94 bits per heavy atom. The Bertz CT molecular complexity index is 358. The first-order chi connectivity index (χ1) is 8.19. The average molecular weight is 255 g/mol. The smallest absolute Gasteiger partial charge is 0.234 e. The number of hydrogen-bond acceptors (Lipinski definition) is 5. The highest BCUT2D eigenvalue weighted by Gasteiger charge is 2.43. The molecule has 96 valence electrons. The molecule has 1 aliphatic heterocycles. The predicted octanol–water partition coefficient (Wildman–Crippen LogP) is 2.21. The first-order valence-electron chi connectivity index (χ1n) is 6.30. The zero-order valence-corrected chi connectivity index (χ0v) is 11.6. The summed E-state index contributed by atoms with van der Waals surface area (Å²) in [7, 11) is 0. The van der Waals surface area contributed by atoms with Crippen LogP contribution in [0.3, 0.4) is 0 Å². The van der Waals surface area contributed by atoms with Crippen LogP contribution < -0.4 is 5.32 Å². The lowest BCUT2D eigenvalue weighted by atomic mass is 9.76. The summed E-state index contributed by atoms with van der Waals surface area (Å²) in [6.45, 7) is 8.60. The van der Waals surface area contributed by atoms with Crippen molar-refractivity contribution in [3.63, 3.8) is 0 Å². The second-order valence-electron chi connectivity index (χ2n) is 4.89. The summed E-state index contributed by atoms with van der Waals surface area (Å²) in [6, 6.07) is 0. The van der Waals surface area contributed by atoms with Crippen LogP contribution in [0, 0.1) is 5.92 Å². The average Bonchev–Trinajstić information content (AvgIpc) is 2.95. The summed E-state index contributed by atoms with van der Waals surface area (Å²) < 4.78 is 5.50. The van der Waals surface area contributed by atoms with Gasteiger partial charge in [0, 0.05) is 6.54 Å². The molecule has 0 aliphatic carbocycles. The van der Waals surface area contributed by atoms with Gasteiger partial charge in [-0.2, -0.15) is 16.7 Å². The van der Waals surface area contributed by atoms with Gasteiger partial charge in [0.2, 0.25) is 5.89 Å². The number of hydrogen-bond donors (Lipinski definition) is 1. The molecule has 0 saturated carbocycles. The van der Waals surface area contributed by atoms with Crippen molar-refractivity contribution in [2.45, 2.75) is 38.4 Å². The minimum Gasteiger partial charge on any atom is -0.339 e. The van der Waals surface area contributed by atoms with Crippen molar-refractivity contribution in [1.82, 2.24) is 15.5 Å². The zero-order valence-electron chi connectivity index (χ0n) is 10.8. The fraction of sp³-hybridized carbons (Fsp3) is 0.833. The van der Waals surface area contributed by atoms with Crippen LogP contribution in [0.15, 0.2) is 4.52 Å². The summed E-state index contributed by atoms with van der Waals surface area (Å²) in [6.07, 6.45) is 1.09. The summed E-state index contributed by atoms with van der Waals surface area (Å²) in [5.41, 5.74) is 0.0438. The third-order valence-electron chi connectivity index (χ3n) is 3.62. The van der Waals surface area contributed by atoms with Crippen molar-refractivity contribution >= 4 is 11.8 Å². The molecule has 1 N–H and O–H groups in total. The lowest BCUT2D eigenvalue weighted by Gasteiger charge is -2.28. The molecule has 0 amide bonds. The largest absolute Gasteiger partial charge is 0.339 e. The molecule has 17 heavy (non-hydrogen) atoms. The molecule has 0 aromatic carbocycles. The van der Waals surface area contributed by atoms with Gasteiger partial charge in [-0.05, 0) is 24.6 Å². The molecular weight excluding hydrogens is 234 g/mol. The Morgan fingerprint density at radius 2 is 2.35 bits per heavy atom. The van der Waals surface area contributed by atoms with Crippen LogP contribution in [0.2, 0.25) is 0 Å². The van der Waals surface area contributed by atoms with E-state index in [1.165, 1.54) is 0 Å². The molecule has 1 unspecified atom stereocenters. The van der Waals surface area contributed by atoms with Crippen molar-refractivity contribution in [2.75, 3.05) is 18.8 Å². The van der Waals surface area contributed by atoms with Crippen LogP contribution in [0.5, 0.6) is 0 Å². The van der Waals surface area contributed by atoms with E-state index in [1.807, 2.05) is 11.8 Å². The van der Waals surface area contributed by atoms with Crippen molar-refractivity contribution in [3.05, 3.63) is 11.7 Å². The predicted molar refractivity (Wildman–Crippen MR) is 70.1 cm³/mol. The quantitative estimate of drug-likeness (QED) is 0.874. The Morgan fingerprint density at radius 1 is 1.53 bits per heavy atom. The van der Waals surface area contributed by atoms with Gasteiger partial charge in [0.15, 0.2) is 5.82 Å². The maximum atomic E-state index is 5.50. The van der Waals surface area contributed by atoms with E-state index < -0.39 is 0 Å². The molecule has 1 atom stereocenters. The molecule has 1 fully saturated rings. The molecule has 4 nitrogen and oxygen atoms in total. The van der Waals surface area contributed by atoms with E-state index >= 15 is 0 Å². The van der Waals surface area contributed by atoms with Crippen LogP contribution in [-0.2, 0) is 11.2 Å². The molecule has 1 saturated heterocycles.